The van der Waals surface area contributed by atoms with E-state index >= 15 is 0 Å². The van der Waals surface area contributed by atoms with Gasteiger partial charge in [-0.15, -0.1) is 0 Å². The molecule has 0 atom stereocenters. The zero-order valence-corrected chi connectivity index (χ0v) is 10.7. The van der Waals surface area contributed by atoms with E-state index in [0.717, 1.165) is 17.2 Å². The van der Waals surface area contributed by atoms with Gasteiger partial charge < -0.3 is 14.8 Å². The molecule has 1 aliphatic rings. The molecule has 3 heteroatoms. The molecule has 1 N–H and O–H groups in total. The lowest BCUT2D eigenvalue weighted by atomic mass is 9.95. The lowest BCUT2D eigenvalue weighted by Gasteiger charge is -2.24. The third-order valence-corrected chi connectivity index (χ3v) is 3.33. The lowest BCUT2D eigenvalue weighted by molar-refractivity contribution is 0.394. The summed E-state index contributed by atoms with van der Waals surface area (Å²) in [6, 6.07) is 6.54. The summed E-state index contributed by atoms with van der Waals surface area (Å²) in [7, 11) is 3.36. The fourth-order valence-corrected chi connectivity index (χ4v) is 2.37. The Hall–Kier alpha value is -1.38. The predicted octanol–water partition coefficient (Wildman–Crippen LogP) is 3.45. The molecule has 2 rings (SSSR count). The van der Waals surface area contributed by atoms with Crippen LogP contribution in [-0.2, 0) is 0 Å². The summed E-state index contributed by atoms with van der Waals surface area (Å²) in [6.07, 6.45) is 6.57. The highest BCUT2D eigenvalue weighted by Crippen LogP contribution is 2.28. The van der Waals surface area contributed by atoms with Crippen molar-refractivity contribution >= 4 is 5.69 Å². The van der Waals surface area contributed by atoms with Crippen LogP contribution < -0.4 is 14.8 Å². The molecule has 17 heavy (non-hydrogen) atoms. The summed E-state index contributed by atoms with van der Waals surface area (Å²) < 4.78 is 10.5. The van der Waals surface area contributed by atoms with E-state index in [-0.39, 0.29) is 0 Å². The van der Waals surface area contributed by atoms with Gasteiger partial charge >= 0.3 is 0 Å². The SMILES string of the molecule is COc1cc(NC2CCCCC2)cc(OC)c1. The van der Waals surface area contributed by atoms with Crippen LogP contribution in [0.25, 0.3) is 0 Å². The fraction of sp³-hybridized carbons (Fsp3) is 0.571. The van der Waals surface area contributed by atoms with Crippen molar-refractivity contribution in [2.45, 2.75) is 38.1 Å². The van der Waals surface area contributed by atoms with Gasteiger partial charge in [-0.2, -0.15) is 0 Å². The van der Waals surface area contributed by atoms with Gasteiger partial charge in [0.05, 0.1) is 14.2 Å². The van der Waals surface area contributed by atoms with Crippen LogP contribution in [-0.4, -0.2) is 20.3 Å². The quantitative estimate of drug-likeness (QED) is 0.867. The van der Waals surface area contributed by atoms with E-state index in [2.05, 4.69) is 5.32 Å². The zero-order chi connectivity index (χ0) is 12.1. The van der Waals surface area contributed by atoms with Crippen molar-refractivity contribution < 1.29 is 9.47 Å². The molecular formula is C14H21NO2. The molecule has 0 spiro atoms. The van der Waals surface area contributed by atoms with Crippen LogP contribution in [0, 0.1) is 0 Å². The molecule has 0 aromatic heterocycles. The minimum Gasteiger partial charge on any atom is -0.497 e. The summed E-state index contributed by atoms with van der Waals surface area (Å²) in [4.78, 5) is 0. The number of benzene rings is 1. The molecule has 1 aromatic carbocycles. The maximum atomic E-state index is 5.27. The van der Waals surface area contributed by atoms with Crippen LogP contribution in [0.15, 0.2) is 18.2 Å². The van der Waals surface area contributed by atoms with E-state index in [1.807, 2.05) is 18.2 Å². The highest BCUT2D eigenvalue weighted by atomic mass is 16.5. The van der Waals surface area contributed by atoms with E-state index in [1.165, 1.54) is 32.1 Å². The Labute approximate surface area is 103 Å². The Kier molecular flexibility index (Phi) is 4.13. The average Bonchev–Trinajstić information content (AvgIpc) is 2.39. The number of methoxy groups -OCH3 is 2. The molecule has 0 radical (unpaired) electrons. The van der Waals surface area contributed by atoms with Gasteiger partial charge in [-0.1, -0.05) is 19.3 Å². The normalized spacial score (nSPS) is 16.6. The van der Waals surface area contributed by atoms with Gasteiger partial charge in [-0.25, -0.2) is 0 Å². The second-order valence-electron chi connectivity index (χ2n) is 4.58. The highest BCUT2D eigenvalue weighted by Gasteiger charge is 2.13. The third kappa shape index (κ3) is 3.29. The van der Waals surface area contributed by atoms with E-state index in [9.17, 15) is 0 Å². The highest BCUT2D eigenvalue weighted by molar-refractivity contribution is 5.54. The number of nitrogens with one attached hydrogen (secondary N) is 1. The summed E-state index contributed by atoms with van der Waals surface area (Å²) in [5, 5.41) is 3.57. The summed E-state index contributed by atoms with van der Waals surface area (Å²) >= 11 is 0. The maximum Gasteiger partial charge on any atom is 0.124 e. The monoisotopic (exact) mass is 235 g/mol. The molecule has 0 heterocycles. The Balaban J connectivity index is 2.07. The summed E-state index contributed by atoms with van der Waals surface area (Å²) in [5.41, 5.74) is 1.09. The first kappa shape index (κ1) is 12.1. The second-order valence-corrected chi connectivity index (χ2v) is 4.58. The fourth-order valence-electron chi connectivity index (χ4n) is 2.37. The van der Waals surface area contributed by atoms with Gasteiger partial charge in [-0.3, -0.25) is 0 Å². The first-order chi connectivity index (χ1) is 8.31. The van der Waals surface area contributed by atoms with Crippen molar-refractivity contribution in [3.05, 3.63) is 18.2 Å². The Morgan fingerprint density at radius 2 is 1.53 bits per heavy atom. The molecule has 1 aromatic rings. The summed E-state index contributed by atoms with van der Waals surface area (Å²) in [6.45, 7) is 0. The molecule has 1 saturated carbocycles. The number of hydrogen-bond acceptors (Lipinski definition) is 3. The van der Waals surface area contributed by atoms with Gasteiger partial charge in [0.1, 0.15) is 11.5 Å². The minimum atomic E-state index is 0.598. The third-order valence-electron chi connectivity index (χ3n) is 3.33. The molecule has 94 valence electrons. The van der Waals surface area contributed by atoms with Crippen LogP contribution >= 0.6 is 0 Å². The van der Waals surface area contributed by atoms with Gasteiger partial charge in [0.25, 0.3) is 0 Å². The van der Waals surface area contributed by atoms with E-state index in [1.54, 1.807) is 14.2 Å². The first-order valence-electron chi connectivity index (χ1n) is 6.31. The number of hydrogen-bond donors (Lipinski definition) is 1. The van der Waals surface area contributed by atoms with Crippen LogP contribution in [0.2, 0.25) is 0 Å². The molecule has 1 aliphatic carbocycles. The van der Waals surface area contributed by atoms with Crippen LogP contribution in [0.5, 0.6) is 11.5 Å². The number of rotatable bonds is 4. The first-order valence-corrected chi connectivity index (χ1v) is 6.31. The van der Waals surface area contributed by atoms with Crippen molar-refractivity contribution in [1.29, 1.82) is 0 Å². The van der Waals surface area contributed by atoms with Crippen LogP contribution in [0.4, 0.5) is 5.69 Å². The van der Waals surface area contributed by atoms with Gasteiger partial charge in [-0.05, 0) is 12.8 Å². The second kappa shape index (κ2) is 5.80. The van der Waals surface area contributed by atoms with Crippen molar-refractivity contribution in [3.8, 4) is 11.5 Å². The Bertz CT molecular complexity index is 337. The van der Waals surface area contributed by atoms with Gasteiger partial charge in [0.2, 0.25) is 0 Å². The molecule has 0 amide bonds. The Morgan fingerprint density at radius 1 is 0.941 bits per heavy atom. The van der Waals surface area contributed by atoms with E-state index in [4.69, 9.17) is 9.47 Å². The van der Waals surface area contributed by atoms with Crippen molar-refractivity contribution in [3.63, 3.8) is 0 Å². The van der Waals surface area contributed by atoms with E-state index < -0.39 is 0 Å². The molecule has 0 bridgehead atoms. The largest absolute Gasteiger partial charge is 0.497 e. The van der Waals surface area contributed by atoms with Crippen molar-refractivity contribution in [1.82, 2.24) is 0 Å². The molecular weight excluding hydrogens is 214 g/mol. The Morgan fingerprint density at radius 3 is 2.06 bits per heavy atom. The smallest absolute Gasteiger partial charge is 0.124 e. The number of anilines is 1. The molecule has 0 saturated heterocycles. The van der Waals surface area contributed by atoms with Gasteiger partial charge in [0.15, 0.2) is 0 Å². The molecule has 3 nitrogen and oxygen atoms in total. The van der Waals surface area contributed by atoms with Gasteiger partial charge in [0, 0.05) is 29.9 Å². The lowest BCUT2D eigenvalue weighted by Crippen LogP contribution is -2.22. The standard InChI is InChI=1S/C14H21NO2/c1-16-13-8-12(9-14(10-13)17-2)15-11-6-4-3-5-7-11/h8-11,15H,3-7H2,1-2H3. The molecule has 0 unspecified atom stereocenters. The average molecular weight is 235 g/mol. The predicted molar refractivity (Wildman–Crippen MR) is 70.0 cm³/mol. The van der Waals surface area contributed by atoms with E-state index in [0.29, 0.717) is 6.04 Å². The van der Waals surface area contributed by atoms with Crippen molar-refractivity contribution in [2.75, 3.05) is 19.5 Å². The maximum absolute atomic E-state index is 5.27. The summed E-state index contributed by atoms with van der Waals surface area (Å²) in [5.74, 6) is 1.67. The molecule has 0 aliphatic heterocycles. The van der Waals surface area contributed by atoms with Crippen molar-refractivity contribution in [2.24, 2.45) is 0 Å². The topological polar surface area (TPSA) is 30.5 Å². The zero-order valence-electron chi connectivity index (χ0n) is 10.7. The van der Waals surface area contributed by atoms with Crippen LogP contribution in [0.3, 0.4) is 0 Å². The van der Waals surface area contributed by atoms with Crippen LogP contribution in [0.1, 0.15) is 32.1 Å². The minimum absolute atomic E-state index is 0.598. The number of ether oxygens (including phenoxy) is 2. The molecule has 1 fully saturated rings.